The second-order valence-electron chi connectivity index (χ2n) is 4.10. The van der Waals surface area contributed by atoms with E-state index in [1.165, 1.54) is 0 Å². The van der Waals surface area contributed by atoms with Crippen molar-refractivity contribution < 1.29 is 9.63 Å². The fourth-order valence-electron chi connectivity index (χ4n) is 2.07. The summed E-state index contributed by atoms with van der Waals surface area (Å²) in [7, 11) is 0. The fourth-order valence-corrected chi connectivity index (χ4v) is 2.07. The average Bonchev–Trinajstić information content (AvgIpc) is 2.54. The molecule has 0 aliphatic carbocycles. The van der Waals surface area contributed by atoms with Crippen LogP contribution in [0.4, 0.5) is 0 Å². The first-order valence-electron chi connectivity index (χ1n) is 5.06. The van der Waals surface area contributed by atoms with Gasteiger partial charge in [0.05, 0.1) is 18.3 Å². The lowest BCUT2D eigenvalue weighted by Gasteiger charge is -2.46. The molecule has 14 heavy (non-hydrogen) atoms. The molecule has 1 aromatic rings. The summed E-state index contributed by atoms with van der Waals surface area (Å²) in [6.07, 6.45) is 3.57. The van der Waals surface area contributed by atoms with Crippen LogP contribution in [-0.2, 0) is 6.54 Å². The minimum atomic E-state index is -0.450. The highest BCUT2D eigenvalue weighted by molar-refractivity contribution is 5.00. The van der Waals surface area contributed by atoms with Crippen LogP contribution in [0.1, 0.15) is 25.5 Å². The summed E-state index contributed by atoms with van der Waals surface area (Å²) < 4.78 is 4.99. The normalized spacial score (nSPS) is 20.7. The Hall–Kier alpha value is -0.870. The summed E-state index contributed by atoms with van der Waals surface area (Å²) in [6, 6.07) is 1.86. The van der Waals surface area contributed by atoms with Gasteiger partial charge in [-0.3, -0.25) is 4.90 Å². The van der Waals surface area contributed by atoms with E-state index in [4.69, 9.17) is 4.52 Å². The Balaban J connectivity index is 1.78. The molecular weight excluding hydrogens is 180 g/mol. The molecule has 1 aromatic heterocycles. The lowest BCUT2D eigenvalue weighted by Crippen LogP contribution is -2.60. The summed E-state index contributed by atoms with van der Waals surface area (Å²) in [5.74, 6) is 0.864. The van der Waals surface area contributed by atoms with Gasteiger partial charge in [-0.05, 0) is 6.42 Å². The van der Waals surface area contributed by atoms with Crippen LogP contribution < -0.4 is 0 Å². The SMILES string of the molecule is CCCC1(O)CN(Cc2ccno2)C1. The number of hydrogen-bond acceptors (Lipinski definition) is 4. The molecule has 0 atom stereocenters. The molecule has 1 aliphatic rings. The van der Waals surface area contributed by atoms with Crippen LogP contribution >= 0.6 is 0 Å². The predicted molar refractivity (Wildman–Crippen MR) is 51.6 cm³/mol. The standard InChI is InChI=1S/C10H16N2O2/c1-2-4-10(13)7-12(8-10)6-9-3-5-11-14-9/h3,5,13H,2,4,6-8H2,1H3. The molecular formula is C10H16N2O2. The van der Waals surface area contributed by atoms with E-state index in [-0.39, 0.29) is 0 Å². The van der Waals surface area contributed by atoms with E-state index in [0.717, 1.165) is 38.2 Å². The molecule has 0 bridgehead atoms. The summed E-state index contributed by atoms with van der Waals surface area (Å²) in [5, 5.41) is 13.6. The Kier molecular flexibility index (Phi) is 2.56. The summed E-state index contributed by atoms with van der Waals surface area (Å²) in [6.45, 7) is 4.35. The van der Waals surface area contributed by atoms with Crippen molar-refractivity contribution in [1.29, 1.82) is 0 Å². The van der Waals surface area contributed by atoms with E-state index in [9.17, 15) is 5.11 Å². The van der Waals surface area contributed by atoms with E-state index in [1.807, 2.05) is 6.07 Å². The molecule has 0 spiro atoms. The Morgan fingerprint density at radius 3 is 3.00 bits per heavy atom. The van der Waals surface area contributed by atoms with Gasteiger partial charge in [0.2, 0.25) is 0 Å². The zero-order chi connectivity index (χ0) is 10.0. The van der Waals surface area contributed by atoms with Gasteiger partial charge >= 0.3 is 0 Å². The molecule has 78 valence electrons. The zero-order valence-electron chi connectivity index (χ0n) is 8.44. The number of rotatable bonds is 4. The number of β-amino-alcohol motifs (C(OH)–C–C–N with tert-alkyl or cyclic N) is 1. The van der Waals surface area contributed by atoms with Gasteiger partial charge < -0.3 is 9.63 Å². The number of hydrogen-bond donors (Lipinski definition) is 1. The minimum absolute atomic E-state index is 0.450. The molecule has 0 aromatic carbocycles. The van der Waals surface area contributed by atoms with E-state index in [2.05, 4.69) is 17.0 Å². The molecule has 1 fully saturated rings. The third-order valence-electron chi connectivity index (χ3n) is 2.62. The van der Waals surface area contributed by atoms with Gasteiger partial charge in [0.15, 0.2) is 5.76 Å². The van der Waals surface area contributed by atoms with Crippen molar-refractivity contribution in [2.75, 3.05) is 13.1 Å². The van der Waals surface area contributed by atoms with Gasteiger partial charge in [-0.25, -0.2) is 0 Å². The maximum atomic E-state index is 9.92. The van der Waals surface area contributed by atoms with Crippen LogP contribution in [-0.4, -0.2) is 33.9 Å². The molecule has 1 N–H and O–H groups in total. The van der Waals surface area contributed by atoms with Crippen molar-refractivity contribution in [3.05, 3.63) is 18.0 Å². The van der Waals surface area contributed by atoms with E-state index in [1.54, 1.807) is 6.20 Å². The van der Waals surface area contributed by atoms with Crippen molar-refractivity contribution in [3.8, 4) is 0 Å². The Morgan fingerprint density at radius 1 is 1.64 bits per heavy atom. The fraction of sp³-hybridized carbons (Fsp3) is 0.700. The quantitative estimate of drug-likeness (QED) is 0.781. The van der Waals surface area contributed by atoms with E-state index < -0.39 is 5.60 Å². The van der Waals surface area contributed by atoms with Crippen LogP contribution in [0.25, 0.3) is 0 Å². The summed E-state index contributed by atoms with van der Waals surface area (Å²) in [5.41, 5.74) is -0.450. The number of aromatic nitrogens is 1. The smallest absolute Gasteiger partial charge is 0.150 e. The Morgan fingerprint density at radius 2 is 2.43 bits per heavy atom. The van der Waals surface area contributed by atoms with Crippen molar-refractivity contribution in [1.82, 2.24) is 10.1 Å². The topological polar surface area (TPSA) is 49.5 Å². The van der Waals surface area contributed by atoms with Crippen LogP contribution in [0.5, 0.6) is 0 Å². The van der Waals surface area contributed by atoms with Crippen LogP contribution in [0.3, 0.4) is 0 Å². The van der Waals surface area contributed by atoms with Gasteiger partial charge in [0.25, 0.3) is 0 Å². The lowest BCUT2D eigenvalue weighted by molar-refractivity contribution is -0.108. The van der Waals surface area contributed by atoms with Crippen LogP contribution in [0.15, 0.2) is 16.8 Å². The number of aliphatic hydroxyl groups is 1. The second kappa shape index (κ2) is 3.71. The van der Waals surface area contributed by atoms with Gasteiger partial charge in [0.1, 0.15) is 0 Å². The van der Waals surface area contributed by atoms with Gasteiger partial charge in [-0.2, -0.15) is 0 Å². The maximum Gasteiger partial charge on any atom is 0.150 e. The van der Waals surface area contributed by atoms with Crippen molar-refractivity contribution >= 4 is 0 Å². The number of nitrogens with zero attached hydrogens (tertiary/aromatic N) is 2. The highest BCUT2D eigenvalue weighted by Crippen LogP contribution is 2.26. The molecule has 0 unspecified atom stereocenters. The highest BCUT2D eigenvalue weighted by atomic mass is 16.5. The van der Waals surface area contributed by atoms with Gasteiger partial charge in [-0.15, -0.1) is 0 Å². The van der Waals surface area contributed by atoms with Gasteiger partial charge in [0, 0.05) is 19.2 Å². The molecule has 0 saturated carbocycles. The van der Waals surface area contributed by atoms with Crippen molar-refractivity contribution in [2.24, 2.45) is 0 Å². The molecule has 1 aliphatic heterocycles. The monoisotopic (exact) mass is 196 g/mol. The first-order chi connectivity index (χ1) is 6.72. The van der Waals surface area contributed by atoms with Crippen molar-refractivity contribution in [3.63, 3.8) is 0 Å². The third-order valence-corrected chi connectivity index (χ3v) is 2.62. The predicted octanol–water partition coefficient (Wildman–Crippen LogP) is 1.02. The first-order valence-corrected chi connectivity index (χ1v) is 5.06. The van der Waals surface area contributed by atoms with Crippen LogP contribution in [0.2, 0.25) is 0 Å². The molecule has 0 amide bonds. The summed E-state index contributed by atoms with van der Waals surface area (Å²) >= 11 is 0. The molecule has 2 rings (SSSR count). The lowest BCUT2D eigenvalue weighted by atomic mass is 9.89. The second-order valence-corrected chi connectivity index (χ2v) is 4.10. The molecule has 2 heterocycles. The molecule has 4 heteroatoms. The highest BCUT2D eigenvalue weighted by Gasteiger charge is 2.40. The first kappa shape index (κ1) is 9.68. The Labute approximate surface area is 83.5 Å². The molecule has 4 nitrogen and oxygen atoms in total. The van der Waals surface area contributed by atoms with Crippen LogP contribution in [0, 0.1) is 0 Å². The largest absolute Gasteiger partial charge is 0.387 e. The molecule has 0 radical (unpaired) electrons. The average molecular weight is 196 g/mol. The summed E-state index contributed by atoms with van der Waals surface area (Å²) in [4.78, 5) is 2.16. The number of likely N-dealkylation sites (tertiary alicyclic amines) is 1. The van der Waals surface area contributed by atoms with Gasteiger partial charge in [-0.1, -0.05) is 18.5 Å². The molecule has 1 saturated heterocycles. The maximum absolute atomic E-state index is 9.92. The third kappa shape index (κ3) is 1.96. The van der Waals surface area contributed by atoms with E-state index in [0.29, 0.717) is 0 Å². The van der Waals surface area contributed by atoms with Crippen molar-refractivity contribution in [2.45, 2.75) is 31.9 Å². The van der Waals surface area contributed by atoms with E-state index >= 15 is 0 Å². The Bertz CT molecular complexity index is 278. The minimum Gasteiger partial charge on any atom is -0.387 e. The zero-order valence-corrected chi connectivity index (χ0v) is 8.44.